The van der Waals surface area contributed by atoms with Gasteiger partial charge in [0.25, 0.3) is 0 Å². The molecule has 1 amide bonds. The summed E-state index contributed by atoms with van der Waals surface area (Å²) in [4.78, 5) is 17.1. The van der Waals surface area contributed by atoms with E-state index in [9.17, 15) is 4.79 Å². The fourth-order valence-electron chi connectivity index (χ4n) is 2.76. The second kappa shape index (κ2) is 5.60. The Morgan fingerprint density at radius 3 is 2.91 bits per heavy atom. The Hall–Kier alpha value is -2.51. The van der Waals surface area contributed by atoms with Crippen molar-refractivity contribution in [1.82, 2.24) is 14.8 Å². The van der Waals surface area contributed by atoms with Gasteiger partial charge in [-0.15, -0.1) is 0 Å². The van der Waals surface area contributed by atoms with E-state index >= 15 is 0 Å². The van der Waals surface area contributed by atoms with E-state index in [1.54, 1.807) is 0 Å². The van der Waals surface area contributed by atoms with Crippen LogP contribution in [-0.4, -0.2) is 27.2 Å². The van der Waals surface area contributed by atoms with Gasteiger partial charge in [-0.2, -0.15) is 5.10 Å². The first kappa shape index (κ1) is 14.1. The third kappa shape index (κ3) is 2.43. The van der Waals surface area contributed by atoms with E-state index in [0.717, 1.165) is 34.8 Å². The van der Waals surface area contributed by atoms with E-state index < -0.39 is 0 Å². The molecule has 0 saturated carbocycles. The first-order valence-corrected chi connectivity index (χ1v) is 8.20. The van der Waals surface area contributed by atoms with Crippen molar-refractivity contribution < 1.29 is 4.79 Å². The second-order valence-electron chi connectivity index (χ2n) is 5.31. The summed E-state index contributed by atoms with van der Waals surface area (Å²) in [5, 5.41) is 7.88. The zero-order valence-corrected chi connectivity index (χ0v) is 13.1. The van der Waals surface area contributed by atoms with Gasteiger partial charge in [-0.1, -0.05) is 29.5 Å². The number of thiazole rings is 1. The zero-order chi connectivity index (χ0) is 15.8. The van der Waals surface area contributed by atoms with Gasteiger partial charge in [0.2, 0.25) is 5.91 Å². The average molecular weight is 325 g/mol. The van der Waals surface area contributed by atoms with E-state index in [0.29, 0.717) is 5.13 Å². The molecule has 0 radical (unpaired) electrons. The number of hydrogen-bond acceptors (Lipinski definition) is 5. The Kier molecular flexibility index (Phi) is 3.44. The number of carbonyl (C=O) groups is 1. The van der Waals surface area contributed by atoms with Gasteiger partial charge in [0.05, 0.1) is 34.7 Å². The maximum Gasteiger partial charge on any atom is 0.239 e. The standard InChI is InChI=1S/C16H15N5OS/c17-8-13(22)20-16-19-12-7-6-10-9-18-21(14(10)15(12)23-16)11-4-2-1-3-5-11/h1-5,9H,6-8,17H2,(H,19,20,22). The van der Waals surface area contributed by atoms with Crippen LogP contribution in [0.4, 0.5) is 5.13 Å². The first-order chi connectivity index (χ1) is 11.3. The summed E-state index contributed by atoms with van der Waals surface area (Å²) < 4.78 is 1.94. The van der Waals surface area contributed by atoms with Crippen LogP contribution in [0.3, 0.4) is 0 Å². The van der Waals surface area contributed by atoms with Crippen LogP contribution in [0.2, 0.25) is 0 Å². The number of aryl methyl sites for hydroxylation is 2. The summed E-state index contributed by atoms with van der Waals surface area (Å²) in [6.45, 7) is -0.0442. The van der Waals surface area contributed by atoms with E-state index in [1.165, 1.54) is 16.9 Å². The summed E-state index contributed by atoms with van der Waals surface area (Å²) in [6, 6.07) is 10.0. The predicted octanol–water partition coefficient (Wildman–Crippen LogP) is 1.99. The van der Waals surface area contributed by atoms with Crippen LogP contribution in [0.25, 0.3) is 16.3 Å². The molecule has 2 aromatic heterocycles. The summed E-state index contributed by atoms with van der Waals surface area (Å²) in [6.07, 6.45) is 3.68. The molecule has 1 aromatic carbocycles. The summed E-state index contributed by atoms with van der Waals surface area (Å²) >= 11 is 1.48. The fourth-order valence-corrected chi connectivity index (χ4v) is 3.85. The Morgan fingerprint density at radius 1 is 1.30 bits per heavy atom. The van der Waals surface area contributed by atoms with Gasteiger partial charge in [0, 0.05) is 0 Å². The topological polar surface area (TPSA) is 85.8 Å². The number of amides is 1. The molecule has 0 fully saturated rings. The highest BCUT2D eigenvalue weighted by Crippen LogP contribution is 2.40. The molecule has 0 bridgehead atoms. The fraction of sp³-hybridized carbons (Fsp3) is 0.188. The van der Waals surface area contributed by atoms with E-state index in [-0.39, 0.29) is 12.5 Å². The molecule has 4 rings (SSSR count). The van der Waals surface area contributed by atoms with Gasteiger partial charge in [-0.25, -0.2) is 9.67 Å². The number of nitrogens with two attached hydrogens (primary N) is 1. The van der Waals surface area contributed by atoms with Crippen molar-refractivity contribution in [3.8, 4) is 16.3 Å². The van der Waals surface area contributed by atoms with Crippen molar-refractivity contribution in [2.45, 2.75) is 12.8 Å². The van der Waals surface area contributed by atoms with Gasteiger partial charge in [0.1, 0.15) is 0 Å². The normalized spacial score (nSPS) is 12.6. The molecule has 1 aliphatic carbocycles. The number of benzene rings is 1. The van der Waals surface area contributed by atoms with Crippen LogP contribution in [0, 0.1) is 0 Å². The lowest BCUT2D eigenvalue weighted by Gasteiger charge is -2.13. The minimum absolute atomic E-state index is 0.0442. The largest absolute Gasteiger partial charge is 0.322 e. The van der Waals surface area contributed by atoms with Crippen molar-refractivity contribution in [2.24, 2.45) is 5.73 Å². The molecule has 0 saturated heterocycles. The van der Waals surface area contributed by atoms with Gasteiger partial charge >= 0.3 is 0 Å². The molecule has 7 heteroatoms. The number of carbonyl (C=O) groups excluding carboxylic acids is 1. The van der Waals surface area contributed by atoms with Gasteiger partial charge in [-0.3, -0.25) is 4.79 Å². The van der Waals surface area contributed by atoms with E-state index in [1.807, 2.05) is 41.2 Å². The van der Waals surface area contributed by atoms with Crippen molar-refractivity contribution in [1.29, 1.82) is 0 Å². The molecule has 0 atom stereocenters. The highest BCUT2D eigenvalue weighted by atomic mass is 32.1. The maximum absolute atomic E-state index is 11.5. The minimum Gasteiger partial charge on any atom is -0.322 e. The van der Waals surface area contributed by atoms with E-state index in [4.69, 9.17) is 5.73 Å². The molecule has 1 aliphatic rings. The Balaban J connectivity index is 1.80. The number of aromatic nitrogens is 3. The number of para-hydroxylation sites is 1. The van der Waals surface area contributed by atoms with Crippen LogP contribution in [0.5, 0.6) is 0 Å². The molecule has 3 N–H and O–H groups in total. The number of nitrogens with one attached hydrogen (secondary N) is 1. The molecular weight excluding hydrogens is 310 g/mol. The summed E-state index contributed by atoms with van der Waals surface area (Å²) in [5.74, 6) is -0.229. The molecule has 6 nitrogen and oxygen atoms in total. The predicted molar refractivity (Wildman–Crippen MR) is 89.8 cm³/mol. The molecule has 0 spiro atoms. The second-order valence-corrected chi connectivity index (χ2v) is 6.31. The van der Waals surface area contributed by atoms with Gasteiger partial charge < -0.3 is 11.1 Å². The van der Waals surface area contributed by atoms with Crippen molar-refractivity contribution in [2.75, 3.05) is 11.9 Å². The molecule has 0 unspecified atom stereocenters. The lowest BCUT2D eigenvalue weighted by Crippen LogP contribution is -2.21. The van der Waals surface area contributed by atoms with Crippen molar-refractivity contribution in [3.63, 3.8) is 0 Å². The van der Waals surface area contributed by atoms with Crippen LogP contribution < -0.4 is 11.1 Å². The molecule has 23 heavy (non-hydrogen) atoms. The Labute approximate surface area is 137 Å². The number of anilines is 1. The quantitative estimate of drug-likeness (QED) is 0.771. The third-order valence-electron chi connectivity index (χ3n) is 3.82. The molecule has 0 aliphatic heterocycles. The van der Waals surface area contributed by atoms with Crippen LogP contribution >= 0.6 is 11.3 Å². The van der Waals surface area contributed by atoms with Crippen LogP contribution in [-0.2, 0) is 17.6 Å². The van der Waals surface area contributed by atoms with Crippen LogP contribution in [0.1, 0.15) is 11.3 Å². The molecule has 2 heterocycles. The smallest absolute Gasteiger partial charge is 0.239 e. The number of fused-ring (bicyclic) bond motifs is 3. The SMILES string of the molecule is NCC(=O)Nc1nc2c(s1)-c1c(cnn1-c1ccccc1)CC2. The van der Waals surface area contributed by atoms with Crippen LogP contribution in [0.15, 0.2) is 36.5 Å². The number of nitrogens with zero attached hydrogens (tertiary/aromatic N) is 3. The lowest BCUT2D eigenvalue weighted by molar-refractivity contribution is -0.114. The Morgan fingerprint density at radius 2 is 2.13 bits per heavy atom. The number of hydrogen-bond donors (Lipinski definition) is 2. The maximum atomic E-state index is 11.5. The summed E-state index contributed by atoms with van der Waals surface area (Å²) in [7, 11) is 0. The zero-order valence-electron chi connectivity index (χ0n) is 12.3. The first-order valence-electron chi connectivity index (χ1n) is 7.38. The molecular formula is C16H15N5OS. The van der Waals surface area contributed by atoms with Gasteiger partial charge in [0.15, 0.2) is 5.13 Å². The minimum atomic E-state index is -0.229. The number of rotatable bonds is 3. The van der Waals surface area contributed by atoms with E-state index in [2.05, 4.69) is 15.4 Å². The highest BCUT2D eigenvalue weighted by molar-refractivity contribution is 7.19. The van der Waals surface area contributed by atoms with Crippen molar-refractivity contribution >= 4 is 22.4 Å². The Bertz CT molecular complexity index is 868. The van der Waals surface area contributed by atoms with Gasteiger partial charge in [-0.05, 0) is 30.5 Å². The molecule has 116 valence electrons. The summed E-state index contributed by atoms with van der Waals surface area (Å²) in [5.41, 5.74) is 9.66. The molecule has 3 aromatic rings. The highest BCUT2D eigenvalue weighted by Gasteiger charge is 2.26. The third-order valence-corrected chi connectivity index (χ3v) is 4.84. The lowest BCUT2D eigenvalue weighted by atomic mass is 10.0. The average Bonchev–Trinajstić information content (AvgIpc) is 3.18. The monoisotopic (exact) mass is 325 g/mol. The van der Waals surface area contributed by atoms with Crippen molar-refractivity contribution in [3.05, 3.63) is 47.8 Å².